The number of fused-ring (bicyclic) bond motifs is 1. The Morgan fingerprint density at radius 3 is 3.08 bits per heavy atom. The summed E-state index contributed by atoms with van der Waals surface area (Å²) in [5.74, 6) is 0. The molecule has 2 rings (SSSR count). The van der Waals surface area contributed by atoms with Gasteiger partial charge in [-0.3, -0.25) is 0 Å². The molecular formula is C11H18N2. The first kappa shape index (κ1) is 8.82. The number of rotatable bonds is 1. The van der Waals surface area contributed by atoms with Crippen molar-refractivity contribution in [2.24, 2.45) is 5.73 Å². The van der Waals surface area contributed by atoms with Crippen LogP contribution >= 0.6 is 0 Å². The third kappa shape index (κ3) is 1.63. The highest BCUT2D eigenvalue weighted by Crippen LogP contribution is 2.27. The summed E-state index contributed by atoms with van der Waals surface area (Å²) in [4.78, 5) is 0. The molecule has 0 spiro atoms. The number of hydrogen-bond acceptors (Lipinski definition) is 1. The van der Waals surface area contributed by atoms with E-state index in [4.69, 9.17) is 5.73 Å². The molecule has 2 heteroatoms. The topological polar surface area (TPSA) is 30.9 Å². The Morgan fingerprint density at radius 2 is 2.31 bits per heavy atom. The predicted octanol–water partition coefficient (Wildman–Crippen LogP) is 2.23. The van der Waals surface area contributed by atoms with Crippen LogP contribution in [-0.4, -0.2) is 4.57 Å². The summed E-state index contributed by atoms with van der Waals surface area (Å²) in [5, 5.41) is 0. The first-order valence-electron chi connectivity index (χ1n) is 5.25. The van der Waals surface area contributed by atoms with Crippen molar-refractivity contribution in [3.63, 3.8) is 0 Å². The van der Waals surface area contributed by atoms with Crippen LogP contribution in [0.3, 0.4) is 0 Å². The van der Waals surface area contributed by atoms with E-state index in [2.05, 4.69) is 23.9 Å². The lowest BCUT2D eigenvalue weighted by atomic mass is 10.1. The highest BCUT2D eigenvalue weighted by atomic mass is 14.9. The standard InChI is InChI=1S/C11H18N2/c1-2-13-7-9-5-3-4-6-11(12)10(9)8-13/h7-8,11H,2-6,12H2,1H3. The van der Waals surface area contributed by atoms with Crippen LogP contribution in [0.1, 0.15) is 43.4 Å². The zero-order valence-electron chi connectivity index (χ0n) is 8.29. The van der Waals surface area contributed by atoms with E-state index in [0.29, 0.717) is 0 Å². The highest BCUT2D eigenvalue weighted by molar-refractivity contribution is 5.28. The lowest BCUT2D eigenvalue weighted by Crippen LogP contribution is -2.09. The average Bonchev–Trinajstić information content (AvgIpc) is 2.48. The minimum atomic E-state index is 0.283. The van der Waals surface area contributed by atoms with Crippen LogP contribution in [0.25, 0.3) is 0 Å². The Hall–Kier alpha value is -0.760. The molecule has 1 aliphatic carbocycles. The van der Waals surface area contributed by atoms with E-state index in [1.165, 1.54) is 30.4 Å². The second-order valence-electron chi connectivity index (χ2n) is 3.92. The summed E-state index contributed by atoms with van der Waals surface area (Å²) >= 11 is 0. The largest absolute Gasteiger partial charge is 0.354 e. The van der Waals surface area contributed by atoms with E-state index < -0.39 is 0 Å². The van der Waals surface area contributed by atoms with Crippen molar-refractivity contribution in [1.82, 2.24) is 4.57 Å². The second kappa shape index (κ2) is 3.54. The van der Waals surface area contributed by atoms with Crippen molar-refractivity contribution in [2.45, 2.75) is 45.2 Å². The van der Waals surface area contributed by atoms with Gasteiger partial charge in [-0.15, -0.1) is 0 Å². The summed E-state index contributed by atoms with van der Waals surface area (Å²) < 4.78 is 2.25. The zero-order chi connectivity index (χ0) is 9.26. The minimum absolute atomic E-state index is 0.283. The lowest BCUT2D eigenvalue weighted by molar-refractivity contribution is 0.609. The minimum Gasteiger partial charge on any atom is -0.354 e. The van der Waals surface area contributed by atoms with E-state index in [9.17, 15) is 0 Å². The molecule has 0 radical (unpaired) electrons. The molecular weight excluding hydrogens is 160 g/mol. The number of nitrogens with two attached hydrogens (primary N) is 1. The first-order chi connectivity index (χ1) is 6.31. The number of aromatic nitrogens is 1. The van der Waals surface area contributed by atoms with E-state index >= 15 is 0 Å². The Kier molecular flexibility index (Phi) is 2.40. The fourth-order valence-corrected chi connectivity index (χ4v) is 2.13. The molecule has 1 aromatic rings. The van der Waals surface area contributed by atoms with E-state index in [0.717, 1.165) is 13.0 Å². The van der Waals surface area contributed by atoms with Gasteiger partial charge >= 0.3 is 0 Å². The number of hydrogen-bond donors (Lipinski definition) is 1. The molecule has 13 heavy (non-hydrogen) atoms. The molecule has 2 nitrogen and oxygen atoms in total. The van der Waals surface area contributed by atoms with Crippen molar-refractivity contribution in [2.75, 3.05) is 0 Å². The SMILES string of the molecule is CCn1cc2c(c1)C(N)CCCC2. The molecule has 0 fully saturated rings. The zero-order valence-corrected chi connectivity index (χ0v) is 8.29. The summed E-state index contributed by atoms with van der Waals surface area (Å²) in [5.41, 5.74) is 8.97. The van der Waals surface area contributed by atoms with Gasteiger partial charge in [-0.1, -0.05) is 6.42 Å². The van der Waals surface area contributed by atoms with Crippen molar-refractivity contribution in [3.8, 4) is 0 Å². The molecule has 1 atom stereocenters. The quantitative estimate of drug-likeness (QED) is 0.657. The van der Waals surface area contributed by atoms with Crippen LogP contribution in [0.2, 0.25) is 0 Å². The summed E-state index contributed by atoms with van der Waals surface area (Å²) in [6, 6.07) is 0.283. The van der Waals surface area contributed by atoms with Gasteiger partial charge in [0.15, 0.2) is 0 Å². The summed E-state index contributed by atoms with van der Waals surface area (Å²) in [6.45, 7) is 3.23. The van der Waals surface area contributed by atoms with Gasteiger partial charge in [0.1, 0.15) is 0 Å². The monoisotopic (exact) mass is 178 g/mol. The first-order valence-corrected chi connectivity index (χ1v) is 5.25. The van der Waals surface area contributed by atoms with Gasteiger partial charge in [0, 0.05) is 25.0 Å². The Balaban J connectivity index is 2.33. The number of aryl methyl sites for hydroxylation is 2. The van der Waals surface area contributed by atoms with Crippen molar-refractivity contribution >= 4 is 0 Å². The molecule has 1 unspecified atom stereocenters. The molecule has 0 bridgehead atoms. The van der Waals surface area contributed by atoms with E-state index in [1.54, 1.807) is 0 Å². The Morgan fingerprint density at radius 1 is 1.46 bits per heavy atom. The molecule has 0 aromatic carbocycles. The molecule has 0 saturated heterocycles. The van der Waals surface area contributed by atoms with Crippen molar-refractivity contribution in [1.29, 1.82) is 0 Å². The smallest absolute Gasteiger partial charge is 0.0312 e. The van der Waals surface area contributed by atoms with Gasteiger partial charge in [0.2, 0.25) is 0 Å². The molecule has 1 aliphatic rings. The van der Waals surface area contributed by atoms with Crippen LogP contribution in [0.15, 0.2) is 12.4 Å². The third-order valence-corrected chi connectivity index (χ3v) is 2.97. The summed E-state index contributed by atoms with van der Waals surface area (Å²) in [7, 11) is 0. The molecule has 1 aromatic heterocycles. The Bertz CT molecular complexity index is 288. The van der Waals surface area contributed by atoms with Crippen LogP contribution in [-0.2, 0) is 13.0 Å². The average molecular weight is 178 g/mol. The molecule has 2 N–H and O–H groups in total. The van der Waals surface area contributed by atoms with Gasteiger partial charge in [-0.2, -0.15) is 0 Å². The maximum Gasteiger partial charge on any atom is 0.0312 e. The predicted molar refractivity (Wildman–Crippen MR) is 54.6 cm³/mol. The molecule has 1 heterocycles. The maximum atomic E-state index is 6.10. The van der Waals surface area contributed by atoms with Crippen molar-refractivity contribution in [3.05, 3.63) is 23.5 Å². The fraction of sp³-hybridized carbons (Fsp3) is 0.636. The van der Waals surface area contributed by atoms with Crippen LogP contribution < -0.4 is 5.73 Å². The van der Waals surface area contributed by atoms with Gasteiger partial charge in [0.25, 0.3) is 0 Å². The van der Waals surface area contributed by atoms with E-state index in [-0.39, 0.29) is 6.04 Å². The summed E-state index contributed by atoms with van der Waals surface area (Å²) in [6.07, 6.45) is 9.44. The normalized spacial score (nSPS) is 22.5. The van der Waals surface area contributed by atoms with E-state index in [1.807, 2.05) is 0 Å². The molecule has 0 aliphatic heterocycles. The second-order valence-corrected chi connectivity index (χ2v) is 3.92. The van der Waals surface area contributed by atoms with Gasteiger partial charge in [-0.05, 0) is 37.3 Å². The molecule has 0 saturated carbocycles. The fourth-order valence-electron chi connectivity index (χ4n) is 2.13. The number of nitrogens with zero attached hydrogens (tertiary/aromatic N) is 1. The van der Waals surface area contributed by atoms with Crippen LogP contribution in [0.5, 0.6) is 0 Å². The lowest BCUT2D eigenvalue weighted by Gasteiger charge is -2.07. The molecule has 72 valence electrons. The van der Waals surface area contributed by atoms with Gasteiger partial charge in [-0.25, -0.2) is 0 Å². The molecule has 0 amide bonds. The van der Waals surface area contributed by atoms with Gasteiger partial charge < -0.3 is 10.3 Å². The highest BCUT2D eigenvalue weighted by Gasteiger charge is 2.16. The van der Waals surface area contributed by atoms with Crippen molar-refractivity contribution < 1.29 is 0 Å². The maximum absolute atomic E-state index is 6.10. The third-order valence-electron chi connectivity index (χ3n) is 2.97. The van der Waals surface area contributed by atoms with Crippen LogP contribution in [0, 0.1) is 0 Å². The Labute approximate surface area is 79.7 Å². The van der Waals surface area contributed by atoms with Crippen LogP contribution in [0.4, 0.5) is 0 Å². The van der Waals surface area contributed by atoms with Gasteiger partial charge in [0.05, 0.1) is 0 Å².